The maximum Gasteiger partial charge on any atom is 0.0696 e. The van der Waals surface area contributed by atoms with Gasteiger partial charge in [-0.25, -0.2) is 0 Å². The summed E-state index contributed by atoms with van der Waals surface area (Å²) in [5.41, 5.74) is 0.137. The van der Waals surface area contributed by atoms with Crippen molar-refractivity contribution < 1.29 is 9.84 Å². The lowest BCUT2D eigenvalue weighted by molar-refractivity contribution is -0.267. The van der Waals surface area contributed by atoms with Crippen molar-refractivity contribution in [1.82, 2.24) is 9.80 Å². The van der Waals surface area contributed by atoms with E-state index in [1.807, 2.05) is 0 Å². The molecule has 4 bridgehead atoms. The van der Waals surface area contributed by atoms with Crippen LogP contribution in [0.2, 0.25) is 0 Å². The standard InChI is InChI=1S/C17H30N2O2/c1-15(2)7-12(5-6-21-15)13-18-8-16(3)9-19(13)11-17(4,10-18)14(16)20/h12-14,20H,5-11H2,1-4H3. The molecule has 0 aromatic heterocycles. The molecule has 1 N–H and O–H groups in total. The van der Waals surface area contributed by atoms with Crippen LogP contribution in [0.3, 0.4) is 0 Å². The van der Waals surface area contributed by atoms with Crippen molar-refractivity contribution in [1.29, 1.82) is 0 Å². The highest BCUT2D eigenvalue weighted by atomic mass is 16.5. The van der Waals surface area contributed by atoms with Crippen molar-refractivity contribution in [3.05, 3.63) is 0 Å². The normalized spacial score (nSPS) is 58.4. The molecule has 5 rings (SSSR count). The van der Waals surface area contributed by atoms with Crippen molar-refractivity contribution >= 4 is 0 Å². The van der Waals surface area contributed by atoms with Gasteiger partial charge in [0.2, 0.25) is 0 Å². The van der Waals surface area contributed by atoms with Gasteiger partial charge in [-0.05, 0) is 32.6 Å². The van der Waals surface area contributed by atoms with Crippen LogP contribution < -0.4 is 0 Å². The van der Waals surface area contributed by atoms with Gasteiger partial charge in [-0.15, -0.1) is 0 Å². The van der Waals surface area contributed by atoms with Gasteiger partial charge in [0.25, 0.3) is 0 Å². The minimum Gasteiger partial charge on any atom is -0.392 e. The molecule has 1 unspecified atom stereocenters. The first-order valence-corrected chi connectivity index (χ1v) is 8.53. The summed E-state index contributed by atoms with van der Waals surface area (Å²) in [5.74, 6) is 0.707. The second-order valence-corrected chi connectivity index (χ2v) is 9.30. The van der Waals surface area contributed by atoms with E-state index in [2.05, 4.69) is 37.5 Å². The van der Waals surface area contributed by atoms with Crippen LogP contribution in [0.5, 0.6) is 0 Å². The SMILES string of the molecule is CC1(C)CC(C2N3CC4(C)CN2CC(C)(C3)C4O)CCO1. The van der Waals surface area contributed by atoms with Crippen LogP contribution in [0.15, 0.2) is 0 Å². The molecule has 4 heteroatoms. The van der Waals surface area contributed by atoms with Gasteiger partial charge >= 0.3 is 0 Å². The zero-order valence-electron chi connectivity index (χ0n) is 13.9. The van der Waals surface area contributed by atoms with E-state index >= 15 is 0 Å². The Morgan fingerprint density at radius 2 is 1.48 bits per heavy atom. The second-order valence-electron chi connectivity index (χ2n) is 9.30. The molecule has 21 heavy (non-hydrogen) atoms. The molecule has 0 spiro atoms. The van der Waals surface area contributed by atoms with E-state index < -0.39 is 0 Å². The first-order chi connectivity index (χ1) is 9.73. The van der Waals surface area contributed by atoms with E-state index in [4.69, 9.17) is 4.74 Å². The Bertz CT molecular complexity index is 412. The van der Waals surface area contributed by atoms with Crippen LogP contribution in [0.4, 0.5) is 0 Å². The fourth-order valence-electron chi connectivity index (χ4n) is 5.99. The van der Waals surface area contributed by atoms with Crippen LogP contribution >= 0.6 is 0 Å². The Morgan fingerprint density at radius 1 is 0.952 bits per heavy atom. The van der Waals surface area contributed by atoms with E-state index in [1.165, 1.54) is 6.42 Å². The molecule has 5 aliphatic rings. The van der Waals surface area contributed by atoms with E-state index in [9.17, 15) is 5.11 Å². The molecule has 5 aliphatic heterocycles. The van der Waals surface area contributed by atoms with Gasteiger partial charge in [-0.2, -0.15) is 0 Å². The Balaban J connectivity index is 1.60. The number of aliphatic hydroxyl groups excluding tert-OH is 1. The van der Waals surface area contributed by atoms with Gasteiger partial charge in [0, 0.05) is 43.6 Å². The number of rotatable bonds is 1. The topological polar surface area (TPSA) is 35.9 Å². The van der Waals surface area contributed by atoms with Gasteiger partial charge < -0.3 is 9.84 Å². The lowest BCUT2D eigenvalue weighted by Gasteiger charge is -2.69. The Hall–Kier alpha value is -0.160. The molecular formula is C17H30N2O2. The maximum atomic E-state index is 10.8. The summed E-state index contributed by atoms with van der Waals surface area (Å²) >= 11 is 0. The number of piperidine rings is 2. The number of hydrogen-bond donors (Lipinski definition) is 1. The highest BCUT2D eigenvalue weighted by Crippen LogP contribution is 2.53. The number of hydrogen-bond acceptors (Lipinski definition) is 4. The summed E-state index contributed by atoms with van der Waals surface area (Å²) < 4.78 is 5.92. The van der Waals surface area contributed by atoms with E-state index in [-0.39, 0.29) is 22.5 Å². The number of aliphatic hydroxyl groups is 1. The number of ether oxygens (including phenoxy) is 1. The van der Waals surface area contributed by atoms with E-state index in [0.29, 0.717) is 12.1 Å². The van der Waals surface area contributed by atoms with E-state index in [1.54, 1.807) is 0 Å². The summed E-state index contributed by atoms with van der Waals surface area (Å²) in [6.07, 6.45) is 2.75. The van der Waals surface area contributed by atoms with Crippen LogP contribution in [-0.2, 0) is 4.74 Å². The predicted octanol–water partition coefficient (Wildman–Crippen LogP) is 1.54. The second kappa shape index (κ2) is 4.22. The van der Waals surface area contributed by atoms with Crippen molar-refractivity contribution in [2.45, 2.75) is 58.4 Å². The summed E-state index contributed by atoms with van der Waals surface area (Å²) in [4.78, 5) is 5.34. The fourth-order valence-corrected chi connectivity index (χ4v) is 5.99. The van der Waals surface area contributed by atoms with Gasteiger partial charge in [-0.3, -0.25) is 9.80 Å². The largest absolute Gasteiger partial charge is 0.392 e. The zero-order chi connectivity index (χ0) is 15.0. The Labute approximate surface area is 128 Å². The Morgan fingerprint density at radius 3 is 1.95 bits per heavy atom. The zero-order valence-corrected chi connectivity index (χ0v) is 13.9. The third kappa shape index (κ3) is 2.03. The summed E-state index contributed by atoms with van der Waals surface area (Å²) in [5, 5.41) is 10.8. The summed E-state index contributed by atoms with van der Waals surface area (Å²) in [6.45, 7) is 14.1. The molecule has 5 heterocycles. The van der Waals surface area contributed by atoms with Crippen LogP contribution in [0.25, 0.3) is 0 Å². The molecule has 0 radical (unpaired) electrons. The minimum atomic E-state index is -0.149. The highest BCUT2D eigenvalue weighted by molar-refractivity contribution is 5.13. The van der Waals surface area contributed by atoms with Crippen LogP contribution in [0, 0.1) is 16.7 Å². The average Bonchev–Trinajstić information content (AvgIpc) is 2.33. The molecular weight excluding hydrogens is 264 g/mol. The van der Waals surface area contributed by atoms with Crippen LogP contribution in [0.1, 0.15) is 40.5 Å². The first kappa shape index (κ1) is 14.4. The van der Waals surface area contributed by atoms with Gasteiger partial charge in [-0.1, -0.05) is 13.8 Å². The molecule has 0 amide bonds. The lowest BCUT2D eigenvalue weighted by atomic mass is 9.60. The monoisotopic (exact) mass is 294 g/mol. The first-order valence-electron chi connectivity index (χ1n) is 8.53. The van der Waals surface area contributed by atoms with Crippen molar-refractivity contribution in [2.24, 2.45) is 16.7 Å². The smallest absolute Gasteiger partial charge is 0.0696 e. The fraction of sp³-hybridized carbons (Fsp3) is 1.00. The van der Waals surface area contributed by atoms with Gasteiger partial charge in [0.1, 0.15) is 0 Å². The van der Waals surface area contributed by atoms with Gasteiger partial charge in [0.15, 0.2) is 0 Å². The molecule has 1 atom stereocenters. The third-order valence-corrected chi connectivity index (χ3v) is 6.48. The Kier molecular flexibility index (Phi) is 2.90. The maximum absolute atomic E-state index is 10.8. The summed E-state index contributed by atoms with van der Waals surface area (Å²) in [6, 6.07) is 0. The quantitative estimate of drug-likeness (QED) is 0.796. The molecule has 0 aromatic rings. The minimum absolute atomic E-state index is 0.0210. The molecule has 0 aliphatic carbocycles. The number of nitrogens with zero attached hydrogens (tertiary/aromatic N) is 2. The van der Waals surface area contributed by atoms with Crippen LogP contribution in [-0.4, -0.2) is 65.6 Å². The third-order valence-electron chi connectivity index (χ3n) is 6.48. The molecule has 0 saturated carbocycles. The van der Waals surface area contributed by atoms with Crippen molar-refractivity contribution in [2.75, 3.05) is 32.8 Å². The summed E-state index contributed by atoms with van der Waals surface area (Å²) in [7, 11) is 0. The molecule has 5 saturated heterocycles. The van der Waals surface area contributed by atoms with Gasteiger partial charge in [0.05, 0.1) is 17.9 Å². The highest BCUT2D eigenvalue weighted by Gasteiger charge is 2.62. The average molecular weight is 294 g/mol. The lowest BCUT2D eigenvalue weighted by Crippen LogP contribution is -2.80. The van der Waals surface area contributed by atoms with Crippen molar-refractivity contribution in [3.63, 3.8) is 0 Å². The predicted molar refractivity (Wildman–Crippen MR) is 81.9 cm³/mol. The molecule has 120 valence electrons. The van der Waals surface area contributed by atoms with Crippen molar-refractivity contribution in [3.8, 4) is 0 Å². The molecule has 5 fully saturated rings. The molecule has 0 aromatic carbocycles. The van der Waals surface area contributed by atoms with E-state index in [0.717, 1.165) is 39.2 Å². The molecule has 4 nitrogen and oxygen atoms in total.